The lowest BCUT2D eigenvalue weighted by atomic mass is 10.2. The normalized spacial score (nSPS) is 19.7. The van der Waals surface area contributed by atoms with Crippen molar-refractivity contribution in [3.8, 4) is 0 Å². The second kappa shape index (κ2) is 7.16. The van der Waals surface area contributed by atoms with E-state index in [0.29, 0.717) is 12.5 Å². The van der Waals surface area contributed by atoms with Crippen molar-refractivity contribution in [1.29, 1.82) is 0 Å². The van der Waals surface area contributed by atoms with Gasteiger partial charge in [0, 0.05) is 41.9 Å². The zero-order chi connectivity index (χ0) is 12.8. The lowest BCUT2D eigenvalue weighted by Gasteiger charge is -2.26. The van der Waals surface area contributed by atoms with Crippen LogP contribution in [0.5, 0.6) is 0 Å². The van der Waals surface area contributed by atoms with Crippen molar-refractivity contribution in [2.24, 2.45) is 0 Å². The molecule has 1 amide bonds. The average molecular weight is 284 g/mol. The summed E-state index contributed by atoms with van der Waals surface area (Å²) in [5.41, 5.74) is 0. The number of nitrogens with one attached hydrogen (secondary N) is 1. The summed E-state index contributed by atoms with van der Waals surface area (Å²) >= 11 is 3.65. The van der Waals surface area contributed by atoms with Crippen LogP contribution in [0, 0.1) is 0 Å². The Balaban J connectivity index is 1.84. The van der Waals surface area contributed by atoms with Gasteiger partial charge in [-0.05, 0) is 18.4 Å². The molecule has 100 valence electrons. The molecule has 2 heterocycles. The Kier molecular flexibility index (Phi) is 5.53. The number of hydrogen-bond acceptors (Lipinski definition) is 4. The predicted molar refractivity (Wildman–Crippen MR) is 79.1 cm³/mol. The van der Waals surface area contributed by atoms with Crippen molar-refractivity contribution >= 4 is 29.0 Å². The summed E-state index contributed by atoms with van der Waals surface area (Å²) in [5, 5.41) is 5.48. The molecular formula is C13H20N2OS2. The summed E-state index contributed by atoms with van der Waals surface area (Å²) in [7, 11) is 0. The number of amides is 1. The summed E-state index contributed by atoms with van der Waals surface area (Å²) in [6, 6.07) is 4.49. The highest BCUT2D eigenvalue weighted by molar-refractivity contribution is 7.99. The Hall–Kier alpha value is -0.520. The summed E-state index contributed by atoms with van der Waals surface area (Å²) in [6.07, 6.45) is 0.631. The van der Waals surface area contributed by atoms with Crippen LogP contribution in [-0.2, 0) is 11.3 Å². The number of nitrogens with zero attached hydrogens (tertiary/aromatic N) is 1. The van der Waals surface area contributed by atoms with Crippen molar-refractivity contribution < 1.29 is 4.79 Å². The van der Waals surface area contributed by atoms with Gasteiger partial charge >= 0.3 is 0 Å². The zero-order valence-electron chi connectivity index (χ0n) is 10.7. The van der Waals surface area contributed by atoms with E-state index in [4.69, 9.17) is 0 Å². The fourth-order valence-corrected chi connectivity index (χ4v) is 3.73. The third kappa shape index (κ3) is 4.00. The largest absolute Gasteiger partial charge is 0.338 e. The Bertz CT molecular complexity index is 361. The number of carbonyl (C=O) groups excluding carboxylic acids is 1. The Labute approximate surface area is 117 Å². The molecule has 0 bridgehead atoms. The monoisotopic (exact) mass is 284 g/mol. The molecule has 0 spiro atoms. The predicted octanol–water partition coefficient (Wildman–Crippen LogP) is 2.19. The quantitative estimate of drug-likeness (QED) is 0.899. The molecule has 1 saturated heterocycles. The molecule has 0 aromatic carbocycles. The first kappa shape index (κ1) is 13.9. The molecule has 1 fully saturated rings. The molecule has 2 rings (SSSR count). The molecule has 1 aliphatic heterocycles. The number of thioether (sulfide) groups is 1. The molecule has 3 nitrogen and oxygen atoms in total. The van der Waals surface area contributed by atoms with E-state index in [-0.39, 0.29) is 5.91 Å². The maximum atomic E-state index is 12.3. The maximum Gasteiger partial charge on any atom is 0.224 e. The van der Waals surface area contributed by atoms with Crippen molar-refractivity contribution in [3.63, 3.8) is 0 Å². The van der Waals surface area contributed by atoms with E-state index in [0.717, 1.165) is 31.1 Å². The van der Waals surface area contributed by atoms with Gasteiger partial charge in [0.15, 0.2) is 0 Å². The van der Waals surface area contributed by atoms with E-state index in [1.165, 1.54) is 4.88 Å². The molecule has 1 unspecified atom stereocenters. The summed E-state index contributed by atoms with van der Waals surface area (Å²) < 4.78 is 0. The van der Waals surface area contributed by atoms with Gasteiger partial charge in [-0.2, -0.15) is 11.8 Å². The van der Waals surface area contributed by atoms with Crippen LogP contribution < -0.4 is 5.32 Å². The summed E-state index contributed by atoms with van der Waals surface area (Å²) in [5.74, 6) is 2.49. The van der Waals surface area contributed by atoms with Crippen molar-refractivity contribution in [2.45, 2.75) is 25.9 Å². The first-order chi connectivity index (χ1) is 8.79. The van der Waals surface area contributed by atoms with Gasteiger partial charge in [-0.3, -0.25) is 4.79 Å². The molecule has 1 atom stereocenters. The van der Waals surface area contributed by atoms with E-state index in [1.54, 1.807) is 11.3 Å². The number of carbonyl (C=O) groups is 1. The average Bonchev–Trinajstić information content (AvgIpc) is 2.90. The molecule has 5 heteroatoms. The number of rotatable bonds is 5. The minimum absolute atomic E-state index is 0.269. The number of hydrogen-bond donors (Lipinski definition) is 1. The fourth-order valence-electron chi connectivity index (χ4n) is 2.06. The van der Waals surface area contributed by atoms with Crippen LogP contribution in [-0.4, -0.2) is 41.4 Å². The van der Waals surface area contributed by atoms with Gasteiger partial charge in [0.25, 0.3) is 0 Å². The van der Waals surface area contributed by atoms with Crippen LogP contribution in [0.25, 0.3) is 0 Å². The summed E-state index contributed by atoms with van der Waals surface area (Å²) in [4.78, 5) is 15.5. The second-order valence-corrected chi connectivity index (χ2v) is 6.60. The van der Waals surface area contributed by atoms with Crippen molar-refractivity contribution in [3.05, 3.63) is 22.4 Å². The lowest BCUT2D eigenvalue weighted by molar-refractivity contribution is -0.132. The van der Waals surface area contributed by atoms with Gasteiger partial charge < -0.3 is 10.2 Å². The van der Waals surface area contributed by atoms with Gasteiger partial charge in [0.2, 0.25) is 5.91 Å². The van der Waals surface area contributed by atoms with Crippen molar-refractivity contribution in [2.75, 3.05) is 24.6 Å². The smallest absolute Gasteiger partial charge is 0.224 e. The van der Waals surface area contributed by atoms with Crippen LogP contribution in [0.1, 0.15) is 18.2 Å². The van der Waals surface area contributed by atoms with Gasteiger partial charge in [0.05, 0.1) is 6.54 Å². The second-order valence-electron chi connectivity index (χ2n) is 4.42. The van der Waals surface area contributed by atoms with Crippen LogP contribution in [0.4, 0.5) is 0 Å². The third-order valence-electron chi connectivity index (χ3n) is 3.08. The van der Waals surface area contributed by atoms with Crippen molar-refractivity contribution in [1.82, 2.24) is 10.2 Å². The fraction of sp³-hybridized carbons (Fsp3) is 0.615. The molecule has 1 N–H and O–H groups in total. The van der Waals surface area contributed by atoms with Crippen LogP contribution in [0.15, 0.2) is 17.5 Å². The van der Waals surface area contributed by atoms with E-state index in [2.05, 4.69) is 23.7 Å². The first-order valence-electron chi connectivity index (χ1n) is 6.41. The lowest BCUT2D eigenvalue weighted by Crippen LogP contribution is -2.42. The van der Waals surface area contributed by atoms with Gasteiger partial charge in [-0.25, -0.2) is 0 Å². The zero-order valence-corrected chi connectivity index (χ0v) is 12.4. The maximum absolute atomic E-state index is 12.3. The first-order valence-corrected chi connectivity index (χ1v) is 8.44. The molecular weight excluding hydrogens is 264 g/mol. The Morgan fingerprint density at radius 2 is 2.50 bits per heavy atom. The standard InChI is InChI=1S/C13H20N2OS2/c1-2-15(9-12-4-3-6-18-12)13(16)8-11-10-17-7-5-14-11/h3-4,6,11,14H,2,5,7-10H2,1H3. The molecule has 1 aromatic rings. The SMILES string of the molecule is CCN(Cc1cccs1)C(=O)CC1CSCCN1. The van der Waals surface area contributed by atoms with E-state index in [9.17, 15) is 4.79 Å². The minimum atomic E-state index is 0.269. The molecule has 0 aliphatic carbocycles. The van der Waals surface area contributed by atoms with E-state index >= 15 is 0 Å². The van der Waals surface area contributed by atoms with Gasteiger partial charge in [-0.15, -0.1) is 11.3 Å². The molecule has 1 aliphatic rings. The van der Waals surface area contributed by atoms with Gasteiger partial charge in [0.1, 0.15) is 0 Å². The topological polar surface area (TPSA) is 32.3 Å². The molecule has 1 aromatic heterocycles. The highest BCUT2D eigenvalue weighted by Gasteiger charge is 2.20. The highest BCUT2D eigenvalue weighted by Crippen LogP contribution is 2.15. The number of thiophene rings is 1. The van der Waals surface area contributed by atoms with Crippen LogP contribution in [0.3, 0.4) is 0 Å². The summed E-state index contributed by atoms with van der Waals surface area (Å²) in [6.45, 7) is 4.62. The molecule has 18 heavy (non-hydrogen) atoms. The van der Waals surface area contributed by atoms with Gasteiger partial charge in [-0.1, -0.05) is 6.07 Å². The Morgan fingerprint density at radius 1 is 1.61 bits per heavy atom. The molecule has 0 radical (unpaired) electrons. The Morgan fingerprint density at radius 3 is 3.11 bits per heavy atom. The highest BCUT2D eigenvalue weighted by atomic mass is 32.2. The van der Waals surface area contributed by atoms with E-state index in [1.807, 2.05) is 22.7 Å². The third-order valence-corrected chi connectivity index (χ3v) is 5.07. The van der Waals surface area contributed by atoms with E-state index < -0.39 is 0 Å². The minimum Gasteiger partial charge on any atom is -0.338 e. The molecule has 0 saturated carbocycles. The van der Waals surface area contributed by atoms with Crippen LogP contribution in [0.2, 0.25) is 0 Å². The van der Waals surface area contributed by atoms with Crippen LogP contribution >= 0.6 is 23.1 Å².